The van der Waals surface area contributed by atoms with Crippen molar-refractivity contribution in [2.75, 3.05) is 12.3 Å². The van der Waals surface area contributed by atoms with Crippen LogP contribution in [0, 0.1) is 6.92 Å². The second-order valence-electron chi connectivity index (χ2n) is 4.77. The number of nitrogens with two attached hydrogens (primary N) is 1. The van der Waals surface area contributed by atoms with Crippen molar-refractivity contribution >= 4 is 11.6 Å². The molecule has 1 amide bonds. The number of benzene rings is 1. The van der Waals surface area contributed by atoms with Crippen LogP contribution in [0.1, 0.15) is 42.1 Å². The second kappa shape index (κ2) is 4.78. The molecule has 0 bridgehead atoms. The third-order valence-electron chi connectivity index (χ3n) is 3.63. The Morgan fingerprint density at radius 1 is 1.53 bits per heavy atom. The van der Waals surface area contributed by atoms with Crippen molar-refractivity contribution in [3.05, 3.63) is 29.3 Å². The Balaban J connectivity index is 2.21. The first-order valence-corrected chi connectivity index (χ1v) is 6.30. The quantitative estimate of drug-likeness (QED) is 0.797. The Hall–Kier alpha value is -1.51. The molecular weight excluding hydrogens is 212 g/mol. The summed E-state index contributed by atoms with van der Waals surface area (Å²) in [6.07, 6.45) is 3.30. The molecular formula is C14H20N2O. The number of hydrogen-bond donors (Lipinski definition) is 1. The predicted molar refractivity (Wildman–Crippen MR) is 69.9 cm³/mol. The van der Waals surface area contributed by atoms with Crippen molar-refractivity contribution in [1.29, 1.82) is 0 Å². The molecule has 1 aromatic carbocycles. The van der Waals surface area contributed by atoms with Gasteiger partial charge in [0.15, 0.2) is 0 Å². The van der Waals surface area contributed by atoms with Gasteiger partial charge in [0, 0.05) is 23.8 Å². The molecule has 17 heavy (non-hydrogen) atoms. The van der Waals surface area contributed by atoms with Crippen LogP contribution >= 0.6 is 0 Å². The smallest absolute Gasteiger partial charge is 0.254 e. The molecule has 1 saturated heterocycles. The molecule has 0 saturated carbocycles. The van der Waals surface area contributed by atoms with Crippen LogP contribution in [0.25, 0.3) is 0 Å². The van der Waals surface area contributed by atoms with E-state index in [-0.39, 0.29) is 5.91 Å². The van der Waals surface area contributed by atoms with Gasteiger partial charge in [0.2, 0.25) is 0 Å². The van der Waals surface area contributed by atoms with Gasteiger partial charge in [-0.3, -0.25) is 4.79 Å². The zero-order chi connectivity index (χ0) is 12.4. The lowest BCUT2D eigenvalue weighted by Gasteiger charge is -2.24. The number of hydrogen-bond acceptors (Lipinski definition) is 2. The van der Waals surface area contributed by atoms with Gasteiger partial charge in [-0.15, -0.1) is 0 Å². The fourth-order valence-corrected chi connectivity index (χ4v) is 2.50. The van der Waals surface area contributed by atoms with E-state index in [9.17, 15) is 4.79 Å². The van der Waals surface area contributed by atoms with Crippen molar-refractivity contribution in [1.82, 2.24) is 4.90 Å². The number of nitrogens with zero attached hydrogens (tertiary/aromatic N) is 1. The van der Waals surface area contributed by atoms with Crippen LogP contribution in [0.5, 0.6) is 0 Å². The second-order valence-corrected chi connectivity index (χ2v) is 4.77. The van der Waals surface area contributed by atoms with Crippen LogP contribution < -0.4 is 5.73 Å². The molecule has 1 aliphatic heterocycles. The van der Waals surface area contributed by atoms with Gasteiger partial charge in [-0.1, -0.05) is 6.92 Å². The van der Waals surface area contributed by atoms with E-state index in [4.69, 9.17) is 5.73 Å². The Bertz CT molecular complexity index is 428. The Labute approximate surface area is 103 Å². The zero-order valence-corrected chi connectivity index (χ0v) is 10.6. The molecule has 0 aliphatic carbocycles. The summed E-state index contributed by atoms with van der Waals surface area (Å²) in [6, 6.07) is 5.96. The maximum absolute atomic E-state index is 12.4. The average Bonchev–Trinajstić information content (AvgIpc) is 2.80. The molecule has 1 aromatic rings. The van der Waals surface area contributed by atoms with Gasteiger partial charge in [-0.05, 0) is 49.9 Å². The summed E-state index contributed by atoms with van der Waals surface area (Å²) in [5, 5.41) is 0. The molecule has 1 unspecified atom stereocenters. The highest BCUT2D eigenvalue weighted by Gasteiger charge is 2.27. The topological polar surface area (TPSA) is 46.3 Å². The normalized spacial score (nSPS) is 19.6. The number of anilines is 1. The van der Waals surface area contributed by atoms with Gasteiger partial charge in [0.1, 0.15) is 0 Å². The van der Waals surface area contributed by atoms with Crippen LogP contribution in [0.15, 0.2) is 18.2 Å². The fraction of sp³-hybridized carbons (Fsp3) is 0.500. The summed E-state index contributed by atoms with van der Waals surface area (Å²) in [7, 11) is 0. The molecule has 1 heterocycles. The third kappa shape index (κ3) is 2.28. The minimum absolute atomic E-state index is 0.150. The van der Waals surface area contributed by atoms with Gasteiger partial charge in [0.25, 0.3) is 5.91 Å². The molecule has 92 valence electrons. The average molecular weight is 232 g/mol. The van der Waals surface area contributed by atoms with Gasteiger partial charge in [0.05, 0.1) is 0 Å². The summed E-state index contributed by atoms with van der Waals surface area (Å²) in [6.45, 7) is 4.97. The highest BCUT2D eigenvalue weighted by Crippen LogP contribution is 2.23. The molecule has 3 nitrogen and oxygen atoms in total. The van der Waals surface area contributed by atoms with E-state index in [1.54, 1.807) is 0 Å². The lowest BCUT2D eigenvalue weighted by molar-refractivity contribution is 0.0733. The number of carbonyl (C=O) groups is 1. The van der Waals surface area contributed by atoms with Crippen LogP contribution in [0.3, 0.4) is 0 Å². The summed E-state index contributed by atoms with van der Waals surface area (Å²) in [5.74, 6) is 0.150. The molecule has 3 heteroatoms. The molecule has 1 atom stereocenters. The van der Waals surface area contributed by atoms with E-state index in [1.165, 1.54) is 0 Å². The number of aryl methyl sites for hydroxylation is 1. The fourth-order valence-electron chi connectivity index (χ4n) is 2.50. The van der Waals surface area contributed by atoms with Crippen molar-refractivity contribution in [2.45, 2.75) is 39.2 Å². The monoisotopic (exact) mass is 232 g/mol. The molecule has 1 fully saturated rings. The molecule has 2 N–H and O–H groups in total. The summed E-state index contributed by atoms with van der Waals surface area (Å²) in [5.41, 5.74) is 8.25. The molecule has 0 spiro atoms. The van der Waals surface area contributed by atoms with Crippen LogP contribution in [0.2, 0.25) is 0 Å². The SMILES string of the molecule is CCC1CCCN1C(=O)c1ccc(N)c(C)c1. The Morgan fingerprint density at radius 2 is 2.29 bits per heavy atom. The minimum Gasteiger partial charge on any atom is -0.399 e. The highest BCUT2D eigenvalue weighted by atomic mass is 16.2. The summed E-state index contributed by atoms with van der Waals surface area (Å²) >= 11 is 0. The highest BCUT2D eigenvalue weighted by molar-refractivity contribution is 5.95. The first kappa shape index (κ1) is 12.0. The molecule has 0 radical (unpaired) electrons. The minimum atomic E-state index is 0.150. The first-order chi connectivity index (χ1) is 8.13. The van der Waals surface area contributed by atoms with E-state index in [2.05, 4.69) is 6.92 Å². The van der Waals surface area contributed by atoms with Gasteiger partial charge >= 0.3 is 0 Å². The van der Waals surface area contributed by atoms with Crippen molar-refractivity contribution in [3.8, 4) is 0 Å². The van der Waals surface area contributed by atoms with E-state index in [0.717, 1.165) is 42.6 Å². The zero-order valence-electron chi connectivity index (χ0n) is 10.6. The third-order valence-corrected chi connectivity index (χ3v) is 3.63. The number of likely N-dealkylation sites (tertiary alicyclic amines) is 1. The Kier molecular flexibility index (Phi) is 3.36. The lowest BCUT2D eigenvalue weighted by Crippen LogP contribution is -2.35. The van der Waals surface area contributed by atoms with Crippen molar-refractivity contribution < 1.29 is 4.79 Å². The van der Waals surface area contributed by atoms with E-state index < -0.39 is 0 Å². The van der Waals surface area contributed by atoms with Crippen LogP contribution in [-0.4, -0.2) is 23.4 Å². The van der Waals surface area contributed by atoms with Crippen LogP contribution in [-0.2, 0) is 0 Å². The number of carbonyl (C=O) groups excluding carboxylic acids is 1. The largest absolute Gasteiger partial charge is 0.399 e. The van der Waals surface area contributed by atoms with Gasteiger partial charge < -0.3 is 10.6 Å². The standard InChI is InChI=1S/C14H20N2O/c1-3-12-5-4-8-16(12)14(17)11-6-7-13(15)10(2)9-11/h6-7,9,12H,3-5,8,15H2,1-2H3. The van der Waals surface area contributed by atoms with E-state index >= 15 is 0 Å². The van der Waals surface area contributed by atoms with E-state index in [1.807, 2.05) is 30.0 Å². The number of rotatable bonds is 2. The Morgan fingerprint density at radius 3 is 2.94 bits per heavy atom. The maximum Gasteiger partial charge on any atom is 0.254 e. The van der Waals surface area contributed by atoms with Gasteiger partial charge in [-0.2, -0.15) is 0 Å². The van der Waals surface area contributed by atoms with Crippen molar-refractivity contribution in [3.63, 3.8) is 0 Å². The van der Waals surface area contributed by atoms with Crippen molar-refractivity contribution in [2.24, 2.45) is 0 Å². The number of amides is 1. The number of nitrogen functional groups attached to an aromatic ring is 1. The van der Waals surface area contributed by atoms with E-state index in [0.29, 0.717) is 6.04 Å². The summed E-state index contributed by atoms with van der Waals surface area (Å²) < 4.78 is 0. The molecule has 2 rings (SSSR count). The van der Waals surface area contributed by atoms with Gasteiger partial charge in [-0.25, -0.2) is 0 Å². The predicted octanol–water partition coefficient (Wildman–Crippen LogP) is 2.59. The first-order valence-electron chi connectivity index (χ1n) is 6.30. The molecule has 0 aromatic heterocycles. The molecule has 1 aliphatic rings. The maximum atomic E-state index is 12.4. The van der Waals surface area contributed by atoms with Crippen LogP contribution in [0.4, 0.5) is 5.69 Å². The summed E-state index contributed by atoms with van der Waals surface area (Å²) in [4.78, 5) is 14.4. The lowest BCUT2D eigenvalue weighted by atomic mass is 10.1.